The number of methoxy groups -OCH3 is 2. The molecule has 26 heavy (non-hydrogen) atoms. The highest BCUT2D eigenvalue weighted by molar-refractivity contribution is 6.05. The molecule has 2 amide bonds. The van der Waals surface area contributed by atoms with Gasteiger partial charge in [0.05, 0.1) is 13.7 Å². The van der Waals surface area contributed by atoms with Crippen molar-refractivity contribution >= 4 is 23.2 Å². The molecule has 2 aromatic carbocycles. The van der Waals surface area contributed by atoms with Gasteiger partial charge in [0.1, 0.15) is 5.75 Å². The number of aryl methyl sites for hydroxylation is 1. The van der Waals surface area contributed by atoms with Gasteiger partial charge in [-0.1, -0.05) is 0 Å². The van der Waals surface area contributed by atoms with E-state index < -0.39 is 0 Å². The third-order valence-corrected chi connectivity index (χ3v) is 4.41. The molecule has 136 valence electrons. The van der Waals surface area contributed by atoms with Gasteiger partial charge in [-0.25, -0.2) is 0 Å². The second kappa shape index (κ2) is 8.01. The second-order valence-electron chi connectivity index (χ2n) is 6.06. The number of amides is 2. The number of benzene rings is 2. The van der Waals surface area contributed by atoms with Crippen molar-refractivity contribution < 1.29 is 19.1 Å². The molecule has 1 aliphatic heterocycles. The van der Waals surface area contributed by atoms with Crippen LogP contribution in [0, 0.1) is 0 Å². The zero-order chi connectivity index (χ0) is 18.5. The average Bonchev–Trinajstić information content (AvgIpc) is 2.67. The summed E-state index contributed by atoms with van der Waals surface area (Å²) in [5, 5.41) is 2.91. The van der Waals surface area contributed by atoms with Crippen LogP contribution in [0.5, 0.6) is 5.75 Å². The Balaban J connectivity index is 1.75. The fourth-order valence-corrected chi connectivity index (χ4v) is 3.01. The molecule has 6 heteroatoms. The summed E-state index contributed by atoms with van der Waals surface area (Å²) in [5.74, 6) is 0.622. The molecule has 0 spiro atoms. The van der Waals surface area contributed by atoms with E-state index in [9.17, 15) is 9.59 Å². The molecule has 0 radical (unpaired) electrons. The zero-order valence-electron chi connectivity index (χ0n) is 15.0. The van der Waals surface area contributed by atoms with Gasteiger partial charge in [0, 0.05) is 37.0 Å². The topological polar surface area (TPSA) is 67.9 Å². The van der Waals surface area contributed by atoms with Gasteiger partial charge >= 0.3 is 0 Å². The summed E-state index contributed by atoms with van der Waals surface area (Å²) in [6.45, 7) is 1.01. The quantitative estimate of drug-likeness (QED) is 0.866. The van der Waals surface area contributed by atoms with E-state index in [1.165, 1.54) is 0 Å². The molecular formula is C20H22N2O4. The molecule has 1 N–H and O–H groups in total. The third kappa shape index (κ3) is 3.86. The van der Waals surface area contributed by atoms with Crippen LogP contribution >= 0.6 is 0 Å². The molecule has 0 aliphatic carbocycles. The molecule has 0 fully saturated rings. The van der Waals surface area contributed by atoms with Gasteiger partial charge < -0.3 is 19.7 Å². The Morgan fingerprint density at radius 3 is 2.58 bits per heavy atom. The van der Waals surface area contributed by atoms with Crippen molar-refractivity contribution in [2.45, 2.75) is 12.8 Å². The van der Waals surface area contributed by atoms with Crippen molar-refractivity contribution in [3.8, 4) is 5.75 Å². The lowest BCUT2D eigenvalue weighted by molar-refractivity contribution is -0.119. The summed E-state index contributed by atoms with van der Waals surface area (Å²) in [6, 6.07) is 12.6. The summed E-state index contributed by atoms with van der Waals surface area (Å²) in [5.41, 5.74) is 3.21. The summed E-state index contributed by atoms with van der Waals surface area (Å²) in [7, 11) is 3.20. The predicted octanol–water partition coefficient (Wildman–Crippen LogP) is 2.87. The van der Waals surface area contributed by atoms with Gasteiger partial charge in [0.25, 0.3) is 5.91 Å². The molecule has 0 unspecified atom stereocenters. The fraction of sp³-hybridized carbons (Fsp3) is 0.300. The molecule has 2 aromatic rings. The summed E-state index contributed by atoms with van der Waals surface area (Å²) < 4.78 is 10.2. The van der Waals surface area contributed by atoms with Crippen LogP contribution in [0.15, 0.2) is 42.5 Å². The molecule has 0 atom stereocenters. The zero-order valence-corrected chi connectivity index (χ0v) is 15.0. The molecule has 1 heterocycles. The van der Waals surface area contributed by atoms with Gasteiger partial charge in [-0.15, -0.1) is 0 Å². The van der Waals surface area contributed by atoms with E-state index in [1.54, 1.807) is 43.4 Å². The highest BCUT2D eigenvalue weighted by Crippen LogP contribution is 2.30. The first-order valence-corrected chi connectivity index (χ1v) is 8.50. The number of nitrogens with one attached hydrogen (secondary N) is 1. The number of carbonyl (C=O) groups is 2. The van der Waals surface area contributed by atoms with Crippen molar-refractivity contribution in [1.29, 1.82) is 0 Å². The minimum absolute atomic E-state index is 0.101. The Morgan fingerprint density at radius 2 is 1.88 bits per heavy atom. The molecule has 0 saturated heterocycles. The van der Waals surface area contributed by atoms with E-state index in [0.29, 0.717) is 43.0 Å². The molecule has 6 nitrogen and oxygen atoms in total. The fourth-order valence-electron chi connectivity index (χ4n) is 3.01. The molecule has 0 bridgehead atoms. The van der Waals surface area contributed by atoms with E-state index in [0.717, 1.165) is 11.3 Å². The normalized spacial score (nSPS) is 13.3. The highest BCUT2D eigenvalue weighted by Gasteiger charge is 2.24. The van der Waals surface area contributed by atoms with Crippen molar-refractivity contribution in [3.63, 3.8) is 0 Å². The Kier molecular flexibility index (Phi) is 5.53. The van der Waals surface area contributed by atoms with E-state index >= 15 is 0 Å². The standard InChI is InChI=1S/C20H22N2O4/c1-25-12-11-22-18-9-6-16(13-15(18)5-10-19(22)23)21-20(24)14-3-7-17(26-2)8-4-14/h3-4,6-9,13H,5,10-12H2,1-2H3,(H,21,24). The number of rotatable bonds is 6. The molecule has 0 saturated carbocycles. The van der Waals surface area contributed by atoms with E-state index in [4.69, 9.17) is 9.47 Å². The third-order valence-electron chi connectivity index (χ3n) is 4.41. The number of hydrogen-bond donors (Lipinski definition) is 1. The van der Waals surface area contributed by atoms with Gasteiger partial charge in [-0.05, 0) is 54.4 Å². The van der Waals surface area contributed by atoms with Crippen molar-refractivity contribution in [3.05, 3.63) is 53.6 Å². The molecule has 1 aliphatic rings. The number of anilines is 2. The van der Waals surface area contributed by atoms with Crippen LogP contribution in [0.25, 0.3) is 0 Å². The maximum Gasteiger partial charge on any atom is 0.255 e. The first-order chi connectivity index (χ1) is 12.6. The van der Waals surface area contributed by atoms with E-state index in [-0.39, 0.29) is 11.8 Å². The van der Waals surface area contributed by atoms with Crippen LogP contribution < -0.4 is 15.0 Å². The monoisotopic (exact) mass is 354 g/mol. The van der Waals surface area contributed by atoms with Crippen LogP contribution in [0.3, 0.4) is 0 Å². The van der Waals surface area contributed by atoms with Crippen molar-refractivity contribution in [1.82, 2.24) is 0 Å². The number of carbonyl (C=O) groups excluding carboxylic acids is 2. The van der Waals surface area contributed by atoms with E-state index in [2.05, 4.69) is 5.32 Å². The number of nitrogens with zero attached hydrogens (tertiary/aromatic N) is 1. The van der Waals surface area contributed by atoms with Crippen molar-refractivity contribution in [2.75, 3.05) is 37.6 Å². The summed E-state index contributed by atoms with van der Waals surface area (Å²) in [6.07, 6.45) is 1.14. The molecule has 3 rings (SSSR count). The number of fused-ring (bicyclic) bond motifs is 1. The first-order valence-electron chi connectivity index (χ1n) is 8.50. The van der Waals surface area contributed by atoms with Crippen molar-refractivity contribution in [2.24, 2.45) is 0 Å². The largest absolute Gasteiger partial charge is 0.497 e. The Labute approximate surface area is 152 Å². The Bertz CT molecular complexity index is 802. The smallest absolute Gasteiger partial charge is 0.255 e. The second-order valence-corrected chi connectivity index (χ2v) is 6.06. The van der Waals surface area contributed by atoms with Crippen LogP contribution in [0.2, 0.25) is 0 Å². The van der Waals surface area contributed by atoms with Gasteiger partial charge in [-0.3, -0.25) is 9.59 Å². The van der Waals surface area contributed by atoms with Crippen LogP contribution in [0.4, 0.5) is 11.4 Å². The van der Waals surface area contributed by atoms with Gasteiger partial charge in [0.2, 0.25) is 5.91 Å². The van der Waals surface area contributed by atoms with Gasteiger partial charge in [0.15, 0.2) is 0 Å². The first kappa shape index (κ1) is 17.9. The minimum atomic E-state index is -0.185. The Morgan fingerprint density at radius 1 is 1.12 bits per heavy atom. The number of ether oxygens (including phenoxy) is 2. The maximum atomic E-state index is 12.4. The lowest BCUT2D eigenvalue weighted by Crippen LogP contribution is -2.37. The number of hydrogen-bond acceptors (Lipinski definition) is 4. The minimum Gasteiger partial charge on any atom is -0.497 e. The van der Waals surface area contributed by atoms with Crippen LogP contribution in [-0.2, 0) is 16.0 Å². The summed E-state index contributed by atoms with van der Waals surface area (Å²) >= 11 is 0. The molecular weight excluding hydrogens is 332 g/mol. The Hall–Kier alpha value is -2.86. The maximum absolute atomic E-state index is 12.4. The highest BCUT2D eigenvalue weighted by atomic mass is 16.5. The SMILES string of the molecule is COCCN1C(=O)CCc2cc(NC(=O)c3ccc(OC)cc3)ccc21. The summed E-state index contributed by atoms with van der Waals surface area (Å²) in [4.78, 5) is 26.3. The van der Waals surface area contributed by atoms with Crippen LogP contribution in [-0.4, -0.2) is 39.2 Å². The van der Waals surface area contributed by atoms with Crippen LogP contribution in [0.1, 0.15) is 22.3 Å². The average molecular weight is 354 g/mol. The van der Waals surface area contributed by atoms with E-state index in [1.807, 2.05) is 18.2 Å². The van der Waals surface area contributed by atoms with Gasteiger partial charge in [-0.2, -0.15) is 0 Å². The molecule has 0 aromatic heterocycles. The lowest BCUT2D eigenvalue weighted by Gasteiger charge is -2.29. The predicted molar refractivity (Wildman–Crippen MR) is 99.9 cm³/mol. The lowest BCUT2D eigenvalue weighted by atomic mass is 10.0.